The number of hydrogen-bond acceptors (Lipinski definition) is 10. The standard InChI is InChI=1S/C32H44N6O5/c1-21-27-10-11-38(17-23(27)8-9-28(21)42-19-29-22(2)34-20-43-29)18-26(39)16-33-32(40)24-14-30(35-25-6-5-7-25)36-31(15-24)41-13-12-37(3)4/h8-9,14-15,20,25-26,39H,5-7,10-13,16-19H2,1-4H3,(H,33,40)(H,35,36). The zero-order valence-corrected chi connectivity index (χ0v) is 25.7. The SMILES string of the molecule is Cc1ncoc1COc1ccc2c(c1C)CCN(CC(O)CNC(=O)c1cc(NC3CCC3)nc(OCCN(C)C)c1)C2. The fourth-order valence-electron chi connectivity index (χ4n) is 5.35. The largest absolute Gasteiger partial charge is 0.485 e. The summed E-state index contributed by atoms with van der Waals surface area (Å²) < 4.78 is 17.3. The van der Waals surface area contributed by atoms with Crippen molar-refractivity contribution in [1.82, 2.24) is 25.1 Å². The number of hydrogen-bond donors (Lipinski definition) is 3. The molecule has 1 unspecified atom stereocenters. The Labute approximate surface area is 253 Å². The second kappa shape index (κ2) is 14.2. The lowest BCUT2D eigenvalue weighted by molar-refractivity contribution is 0.0841. The van der Waals surface area contributed by atoms with E-state index in [0.29, 0.717) is 43.1 Å². The van der Waals surface area contributed by atoms with Crippen molar-refractivity contribution in [2.45, 2.75) is 64.8 Å². The van der Waals surface area contributed by atoms with Gasteiger partial charge in [-0.2, -0.15) is 4.98 Å². The van der Waals surface area contributed by atoms with Gasteiger partial charge in [-0.05, 0) is 82.4 Å². The van der Waals surface area contributed by atoms with Crippen LogP contribution >= 0.6 is 0 Å². The molecule has 1 atom stereocenters. The summed E-state index contributed by atoms with van der Waals surface area (Å²) in [5.41, 5.74) is 4.95. The van der Waals surface area contributed by atoms with E-state index in [2.05, 4.69) is 38.5 Å². The first-order chi connectivity index (χ1) is 20.7. The first kappa shape index (κ1) is 30.8. The number of carbonyl (C=O) groups excluding carboxylic acids is 1. The molecule has 2 aromatic heterocycles. The molecule has 0 radical (unpaired) electrons. The molecule has 3 heterocycles. The van der Waals surface area contributed by atoms with Crippen LogP contribution in [0.1, 0.15) is 57.8 Å². The van der Waals surface area contributed by atoms with E-state index in [1.54, 1.807) is 12.1 Å². The number of carbonyl (C=O) groups is 1. The molecule has 3 N–H and O–H groups in total. The van der Waals surface area contributed by atoms with Crippen molar-refractivity contribution < 1.29 is 23.8 Å². The van der Waals surface area contributed by atoms with E-state index in [-0.39, 0.29) is 12.5 Å². The van der Waals surface area contributed by atoms with Crippen LogP contribution < -0.4 is 20.1 Å². The minimum atomic E-state index is -0.704. The van der Waals surface area contributed by atoms with Crippen molar-refractivity contribution in [3.8, 4) is 11.6 Å². The van der Waals surface area contributed by atoms with Crippen LogP contribution in [-0.2, 0) is 19.6 Å². The van der Waals surface area contributed by atoms with Gasteiger partial charge < -0.3 is 34.5 Å². The van der Waals surface area contributed by atoms with Crippen molar-refractivity contribution in [2.24, 2.45) is 0 Å². The van der Waals surface area contributed by atoms with Gasteiger partial charge in [0.15, 0.2) is 12.2 Å². The summed E-state index contributed by atoms with van der Waals surface area (Å²) in [5, 5.41) is 17.1. The first-order valence-corrected chi connectivity index (χ1v) is 15.1. The fourth-order valence-corrected chi connectivity index (χ4v) is 5.35. The Bertz CT molecular complexity index is 1390. The van der Waals surface area contributed by atoms with E-state index in [0.717, 1.165) is 61.7 Å². The fraction of sp³-hybridized carbons (Fsp3) is 0.531. The van der Waals surface area contributed by atoms with Crippen LogP contribution in [0.2, 0.25) is 0 Å². The highest BCUT2D eigenvalue weighted by molar-refractivity contribution is 5.95. The van der Waals surface area contributed by atoms with E-state index in [1.165, 1.54) is 23.9 Å². The van der Waals surface area contributed by atoms with E-state index in [4.69, 9.17) is 13.9 Å². The van der Waals surface area contributed by atoms with Gasteiger partial charge in [0.1, 0.15) is 24.8 Å². The Hall–Kier alpha value is -3.67. The molecule has 2 aliphatic rings. The predicted octanol–water partition coefficient (Wildman–Crippen LogP) is 3.32. The van der Waals surface area contributed by atoms with Crippen molar-refractivity contribution in [1.29, 1.82) is 0 Å². The van der Waals surface area contributed by atoms with Crippen molar-refractivity contribution >= 4 is 11.7 Å². The third kappa shape index (κ3) is 8.25. The van der Waals surface area contributed by atoms with Crippen LogP contribution in [0.3, 0.4) is 0 Å². The molecule has 43 heavy (non-hydrogen) atoms. The zero-order valence-electron chi connectivity index (χ0n) is 25.7. The molecule has 1 fully saturated rings. The van der Waals surface area contributed by atoms with E-state index in [1.807, 2.05) is 32.0 Å². The molecule has 0 spiro atoms. The van der Waals surface area contributed by atoms with Gasteiger partial charge in [-0.25, -0.2) is 4.98 Å². The van der Waals surface area contributed by atoms with Gasteiger partial charge in [0.05, 0.1) is 11.8 Å². The number of rotatable bonds is 14. The Morgan fingerprint density at radius 3 is 2.79 bits per heavy atom. The lowest BCUT2D eigenvalue weighted by Crippen LogP contribution is -2.42. The molecular formula is C32H44N6O5. The lowest BCUT2D eigenvalue weighted by atomic mass is 9.93. The molecule has 0 saturated heterocycles. The van der Waals surface area contributed by atoms with Gasteiger partial charge in [0.2, 0.25) is 5.88 Å². The summed E-state index contributed by atoms with van der Waals surface area (Å²) >= 11 is 0. The second-order valence-electron chi connectivity index (χ2n) is 11.8. The number of ether oxygens (including phenoxy) is 2. The van der Waals surface area contributed by atoms with E-state index < -0.39 is 6.10 Å². The summed E-state index contributed by atoms with van der Waals surface area (Å²) in [6.45, 7) is 7.72. The van der Waals surface area contributed by atoms with E-state index in [9.17, 15) is 9.90 Å². The van der Waals surface area contributed by atoms with Gasteiger partial charge in [-0.1, -0.05) is 6.07 Å². The van der Waals surface area contributed by atoms with Gasteiger partial charge >= 0.3 is 0 Å². The van der Waals surface area contributed by atoms with Crippen LogP contribution in [0.25, 0.3) is 0 Å². The average molecular weight is 593 g/mol. The number of aliphatic hydroxyl groups excluding tert-OH is 1. The summed E-state index contributed by atoms with van der Waals surface area (Å²) in [4.78, 5) is 26.0. The normalized spacial score (nSPS) is 16.0. The number of likely N-dealkylation sites (N-methyl/N-ethyl adjacent to an activating group) is 1. The van der Waals surface area contributed by atoms with Crippen LogP contribution in [0, 0.1) is 13.8 Å². The average Bonchev–Trinajstić information content (AvgIpc) is 3.37. The molecule has 1 aliphatic heterocycles. The molecule has 232 valence electrons. The van der Waals surface area contributed by atoms with Crippen LogP contribution in [0.4, 0.5) is 5.82 Å². The molecule has 0 bridgehead atoms. The van der Waals surface area contributed by atoms with Crippen LogP contribution in [-0.4, -0.2) is 89.8 Å². The Balaban J connectivity index is 1.13. The molecule has 5 rings (SSSR count). The topological polar surface area (TPSA) is 125 Å². The molecule has 1 saturated carbocycles. The number of anilines is 1. The Kier molecular flexibility index (Phi) is 10.2. The van der Waals surface area contributed by atoms with E-state index >= 15 is 0 Å². The summed E-state index contributed by atoms with van der Waals surface area (Å²) in [7, 11) is 3.96. The third-order valence-corrected chi connectivity index (χ3v) is 8.20. The summed E-state index contributed by atoms with van der Waals surface area (Å²) in [6.07, 6.45) is 4.99. The van der Waals surface area contributed by atoms with Gasteiger partial charge in [-0.3, -0.25) is 9.69 Å². The van der Waals surface area contributed by atoms with Crippen molar-refractivity contribution in [2.75, 3.05) is 52.2 Å². The van der Waals surface area contributed by atoms with Crippen LogP contribution in [0.5, 0.6) is 11.6 Å². The third-order valence-electron chi connectivity index (χ3n) is 8.20. The number of aliphatic hydroxyl groups is 1. The number of nitrogens with one attached hydrogen (secondary N) is 2. The van der Waals surface area contributed by atoms with Crippen molar-refractivity contribution in [3.05, 3.63) is 64.4 Å². The molecule has 1 aliphatic carbocycles. The predicted molar refractivity (Wildman–Crippen MR) is 164 cm³/mol. The van der Waals surface area contributed by atoms with Gasteiger partial charge in [-0.15, -0.1) is 0 Å². The molecule has 11 heteroatoms. The number of β-amino-alcohol motifs (C(OH)–C–C–N with tert-alkyl or cyclic N) is 1. The number of amides is 1. The van der Waals surface area contributed by atoms with Crippen molar-refractivity contribution in [3.63, 3.8) is 0 Å². The van der Waals surface area contributed by atoms with Crippen LogP contribution in [0.15, 0.2) is 35.1 Å². The molecular weight excluding hydrogens is 548 g/mol. The number of benzene rings is 1. The highest BCUT2D eigenvalue weighted by atomic mass is 16.5. The number of aromatic nitrogens is 2. The van der Waals surface area contributed by atoms with Gasteiger partial charge in [0.25, 0.3) is 5.91 Å². The minimum absolute atomic E-state index is 0.152. The number of aryl methyl sites for hydroxylation is 1. The summed E-state index contributed by atoms with van der Waals surface area (Å²) in [5.74, 6) is 2.37. The number of oxazole rings is 1. The molecule has 11 nitrogen and oxygen atoms in total. The Morgan fingerprint density at radius 1 is 1.23 bits per heavy atom. The Morgan fingerprint density at radius 2 is 2.07 bits per heavy atom. The molecule has 3 aromatic rings. The summed E-state index contributed by atoms with van der Waals surface area (Å²) in [6, 6.07) is 7.90. The molecule has 1 aromatic carbocycles. The highest BCUT2D eigenvalue weighted by Gasteiger charge is 2.23. The number of nitrogens with zero attached hydrogens (tertiary/aromatic N) is 4. The maximum atomic E-state index is 13.1. The maximum absolute atomic E-state index is 13.1. The smallest absolute Gasteiger partial charge is 0.251 e. The number of fused-ring (bicyclic) bond motifs is 1. The molecule has 1 amide bonds. The zero-order chi connectivity index (χ0) is 30.3. The highest BCUT2D eigenvalue weighted by Crippen LogP contribution is 2.30. The monoisotopic (exact) mass is 592 g/mol. The lowest BCUT2D eigenvalue weighted by Gasteiger charge is -2.31. The minimum Gasteiger partial charge on any atom is -0.485 e. The van der Waals surface area contributed by atoms with Gasteiger partial charge in [0, 0.05) is 50.4 Å². The first-order valence-electron chi connectivity index (χ1n) is 15.1. The maximum Gasteiger partial charge on any atom is 0.251 e. The second-order valence-corrected chi connectivity index (χ2v) is 11.8. The quantitative estimate of drug-likeness (QED) is 0.257. The number of pyridine rings is 1.